The number of amides is 1. The van der Waals surface area contributed by atoms with E-state index in [2.05, 4.69) is 0 Å². The molecule has 0 spiro atoms. The number of aliphatic hydroxyl groups is 3. The third-order valence-corrected chi connectivity index (χ3v) is 7.65. The van der Waals surface area contributed by atoms with Gasteiger partial charge in [-0.3, -0.25) is 0 Å². The number of ether oxygens (including phenoxy) is 5. The number of nitrogens with zero attached hydrogens (tertiary/aromatic N) is 1. The molecule has 11 heteroatoms. The highest BCUT2D eigenvalue weighted by atomic mass is 16.7. The summed E-state index contributed by atoms with van der Waals surface area (Å²) in [5.74, 6) is 0.688. The van der Waals surface area contributed by atoms with Crippen LogP contribution in [0.4, 0.5) is 4.79 Å². The average Bonchev–Trinajstić information content (AvgIpc) is 2.80. The van der Waals surface area contributed by atoms with Gasteiger partial charge in [-0.05, 0) is 58.4 Å². The zero-order valence-corrected chi connectivity index (χ0v) is 24.0. The fourth-order valence-electron chi connectivity index (χ4n) is 5.65. The Morgan fingerprint density at radius 2 is 1.68 bits per heavy atom. The van der Waals surface area contributed by atoms with E-state index in [9.17, 15) is 20.1 Å². The van der Waals surface area contributed by atoms with Crippen molar-refractivity contribution in [1.82, 2.24) is 4.90 Å². The zero-order valence-electron chi connectivity index (χ0n) is 24.0. The van der Waals surface area contributed by atoms with Gasteiger partial charge in [-0.25, -0.2) is 4.79 Å². The van der Waals surface area contributed by atoms with E-state index in [4.69, 9.17) is 29.4 Å². The Hall–Kier alpha value is -1.47. The number of rotatable bonds is 6. The normalized spacial score (nSPS) is 42.2. The van der Waals surface area contributed by atoms with Crippen LogP contribution in [-0.4, -0.2) is 101 Å². The Balaban J connectivity index is 1.74. The van der Waals surface area contributed by atoms with E-state index in [1.165, 1.54) is 18.9 Å². The molecule has 2 fully saturated rings. The maximum absolute atomic E-state index is 12.8. The molecule has 220 valence electrons. The molecular formula is C27H48N2O9. The lowest BCUT2D eigenvalue weighted by atomic mass is 9.77. The van der Waals surface area contributed by atoms with Crippen LogP contribution in [0, 0.1) is 17.8 Å². The van der Waals surface area contributed by atoms with Gasteiger partial charge in [0.15, 0.2) is 6.29 Å². The van der Waals surface area contributed by atoms with Crippen molar-refractivity contribution in [3.63, 3.8) is 0 Å². The van der Waals surface area contributed by atoms with E-state index < -0.39 is 60.3 Å². The number of allylic oxidation sites excluding steroid dienone is 1. The molecule has 0 aromatic heterocycles. The molecule has 0 bridgehead atoms. The van der Waals surface area contributed by atoms with E-state index >= 15 is 0 Å². The smallest absolute Gasteiger partial charge is 0.410 e. The van der Waals surface area contributed by atoms with Gasteiger partial charge in [0.25, 0.3) is 0 Å². The van der Waals surface area contributed by atoms with Crippen LogP contribution in [-0.2, 0) is 23.7 Å². The van der Waals surface area contributed by atoms with Crippen molar-refractivity contribution in [3.8, 4) is 0 Å². The fraction of sp³-hybridized carbons (Fsp3) is 0.889. The predicted molar refractivity (Wildman–Crippen MR) is 139 cm³/mol. The summed E-state index contributed by atoms with van der Waals surface area (Å²) in [6.45, 7) is 12.8. The molecule has 11 atom stereocenters. The van der Waals surface area contributed by atoms with Crippen LogP contribution >= 0.6 is 0 Å². The van der Waals surface area contributed by atoms with Crippen LogP contribution in [0.2, 0.25) is 0 Å². The van der Waals surface area contributed by atoms with E-state index in [0.717, 1.165) is 6.42 Å². The summed E-state index contributed by atoms with van der Waals surface area (Å²) in [6, 6.07) is -1.07. The Labute approximate surface area is 226 Å². The van der Waals surface area contributed by atoms with Gasteiger partial charge in [-0.2, -0.15) is 0 Å². The number of likely N-dealkylation sites (N-methyl/N-ethyl adjacent to an activating group) is 1. The Kier molecular flexibility index (Phi) is 9.77. The summed E-state index contributed by atoms with van der Waals surface area (Å²) in [4.78, 5) is 13.9. The predicted octanol–water partition coefficient (Wildman–Crippen LogP) is 1.72. The average molecular weight is 545 g/mol. The second-order valence-electron chi connectivity index (χ2n) is 12.5. The van der Waals surface area contributed by atoms with Crippen molar-refractivity contribution in [2.75, 3.05) is 20.2 Å². The third kappa shape index (κ3) is 6.99. The summed E-state index contributed by atoms with van der Waals surface area (Å²) in [5, 5.41) is 33.6. The minimum atomic E-state index is -1.56. The van der Waals surface area contributed by atoms with E-state index in [0.29, 0.717) is 12.2 Å². The molecule has 38 heavy (non-hydrogen) atoms. The van der Waals surface area contributed by atoms with Crippen LogP contribution in [0.1, 0.15) is 61.3 Å². The number of hydrogen-bond acceptors (Lipinski definition) is 10. The SMILES string of the molecule is CC1CC=C(CN)OC1OC1C(C)CC(C)C(OC2OCC(C)(O)C(N(C)C(=O)OC(C)(C)C)C2O)C1O. The van der Waals surface area contributed by atoms with Crippen molar-refractivity contribution in [1.29, 1.82) is 0 Å². The molecule has 3 aliphatic rings. The molecule has 2 heterocycles. The quantitative estimate of drug-likeness (QED) is 0.389. The molecule has 11 nitrogen and oxygen atoms in total. The molecule has 3 rings (SSSR count). The summed E-state index contributed by atoms with van der Waals surface area (Å²) >= 11 is 0. The lowest BCUT2D eigenvalue weighted by molar-refractivity contribution is -0.317. The summed E-state index contributed by atoms with van der Waals surface area (Å²) in [6.07, 6.45) is -2.76. The largest absolute Gasteiger partial charge is 0.468 e. The first-order valence-electron chi connectivity index (χ1n) is 13.6. The number of hydrogen-bond donors (Lipinski definition) is 4. The van der Waals surface area contributed by atoms with Gasteiger partial charge in [0, 0.05) is 13.0 Å². The molecule has 1 saturated heterocycles. The van der Waals surface area contributed by atoms with Crippen molar-refractivity contribution in [2.45, 2.75) is 116 Å². The highest BCUT2D eigenvalue weighted by Crippen LogP contribution is 2.38. The van der Waals surface area contributed by atoms with Gasteiger partial charge in [-0.15, -0.1) is 0 Å². The molecule has 1 aliphatic carbocycles. The Morgan fingerprint density at radius 3 is 2.24 bits per heavy atom. The number of nitrogens with two attached hydrogens (primary N) is 1. The van der Waals surface area contributed by atoms with Crippen LogP contribution in [0.15, 0.2) is 11.8 Å². The van der Waals surface area contributed by atoms with E-state index in [1.54, 1.807) is 20.8 Å². The molecule has 0 aromatic carbocycles. The van der Waals surface area contributed by atoms with Crippen LogP contribution in [0.25, 0.3) is 0 Å². The van der Waals surface area contributed by atoms with Gasteiger partial charge >= 0.3 is 6.09 Å². The monoisotopic (exact) mass is 544 g/mol. The van der Waals surface area contributed by atoms with Crippen molar-refractivity contribution < 1.29 is 43.8 Å². The second kappa shape index (κ2) is 12.0. The maximum atomic E-state index is 12.8. The van der Waals surface area contributed by atoms with Crippen LogP contribution < -0.4 is 5.73 Å². The summed E-state index contributed by atoms with van der Waals surface area (Å²) in [5.41, 5.74) is 3.43. The molecule has 2 aliphatic heterocycles. The summed E-state index contributed by atoms with van der Waals surface area (Å²) in [7, 11) is 1.46. The molecule has 0 radical (unpaired) electrons. The standard InChI is InChI=1S/C27H48N2O9/c1-14-9-10-17(12-28)35-23(14)36-20-15(2)11-16(3)21(18(20)30)37-24-19(31)22(27(7,33)13-34-24)29(8)25(32)38-26(4,5)6/h10,14-16,18-24,30-31,33H,9,11-13,28H2,1-8H3. The van der Waals surface area contributed by atoms with Crippen molar-refractivity contribution >= 4 is 6.09 Å². The molecule has 1 saturated carbocycles. The highest BCUT2D eigenvalue weighted by molar-refractivity contribution is 5.68. The Bertz CT molecular complexity index is 845. The Morgan fingerprint density at radius 1 is 1.11 bits per heavy atom. The zero-order chi connectivity index (χ0) is 28.6. The first-order valence-corrected chi connectivity index (χ1v) is 13.6. The molecule has 1 amide bonds. The van der Waals surface area contributed by atoms with E-state index in [-0.39, 0.29) is 30.9 Å². The fourth-order valence-corrected chi connectivity index (χ4v) is 5.65. The lowest BCUT2D eigenvalue weighted by Crippen LogP contribution is -2.68. The van der Waals surface area contributed by atoms with Crippen LogP contribution in [0.3, 0.4) is 0 Å². The van der Waals surface area contributed by atoms with E-state index in [1.807, 2.05) is 26.8 Å². The lowest BCUT2D eigenvalue weighted by Gasteiger charge is -2.50. The second-order valence-corrected chi connectivity index (χ2v) is 12.5. The molecule has 0 aromatic rings. The molecule has 5 N–H and O–H groups in total. The minimum absolute atomic E-state index is 0.0202. The minimum Gasteiger partial charge on any atom is -0.468 e. The van der Waals surface area contributed by atoms with Crippen molar-refractivity contribution in [3.05, 3.63) is 11.8 Å². The highest BCUT2D eigenvalue weighted by Gasteiger charge is 2.53. The van der Waals surface area contributed by atoms with Gasteiger partial charge in [0.1, 0.15) is 29.2 Å². The maximum Gasteiger partial charge on any atom is 0.410 e. The van der Waals surface area contributed by atoms with Gasteiger partial charge in [-0.1, -0.05) is 20.8 Å². The third-order valence-electron chi connectivity index (χ3n) is 7.65. The summed E-state index contributed by atoms with van der Waals surface area (Å²) < 4.78 is 29.6. The van der Waals surface area contributed by atoms with Gasteiger partial charge < -0.3 is 49.6 Å². The van der Waals surface area contributed by atoms with Crippen molar-refractivity contribution in [2.24, 2.45) is 23.5 Å². The van der Waals surface area contributed by atoms with Gasteiger partial charge in [0.05, 0.1) is 31.4 Å². The first-order chi connectivity index (χ1) is 17.6. The first kappa shape index (κ1) is 31.1. The number of carbonyl (C=O) groups excluding carboxylic acids is 1. The topological polar surface area (TPSA) is 153 Å². The number of carbonyl (C=O) groups is 1. The number of aliphatic hydroxyl groups excluding tert-OH is 2. The van der Waals surface area contributed by atoms with Crippen LogP contribution in [0.5, 0.6) is 0 Å². The molecular weight excluding hydrogens is 496 g/mol. The molecule has 11 unspecified atom stereocenters. The van der Waals surface area contributed by atoms with Gasteiger partial charge in [0.2, 0.25) is 6.29 Å².